The van der Waals surface area contributed by atoms with E-state index in [2.05, 4.69) is 44.4 Å². The van der Waals surface area contributed by atoms with Gasteiger partial charge in [0, 0.05) is 11.6 Å². The van der Waals surface area contributed by atoms with Gasteiger partial charge in [-0.15, -0.1) is 0 Å². The number of pyridine rings is 1. The van der Waals surface area contributed by atoms with Crippen molar-refractivity contribution in [3.63, 3.8) is 0 Å². The van der Waals surface area contributed by atoms with E-state index >= 15 is 0 Å². The number of fused-ring (bicyclic) bond motifs is 2. The van der Waals surface area contributed by atoms with E-state index in [1.807, 2.05) is 60.9 Å². The SMILES string of the molecule is C[C@@H](Nc1nc(Cl)nc2cn(-c3ccccc3)nc12)c1cnc2ccccc2c1. The average Bonchev–Trinajstić information content (AvgIpc) is 3.18. The Morgan fingerprint density at radius 1 is 0.966 bits per heavy atom. The fraction of sp³-hybridized carbons (Fsp3) is 0.0909. The van der Waals surface area contributed by atoms with Crippen molar-refractivity contribution in [3.8, 4) is 5.69 Å². The number of nitrogens with zero attached hydrogens (tertiary/aromatic N) is 5. The fourth-order valence-electron chi connectivity index (χ4n) is 3.31. The highest BCUT2D eigenvalue weighted by atomic mass is 35.5. The summed E-state index contributed by atoms with van der Waals surface area (Å²) >= 11 is 6.18. The lowest BCUT2D eigenvalue weighted by Crippen LogP contribution is -2.09. The van der Waals surface area contributed by atoms with Crippen molar-refractivity contribution in [3.05, 3.63) is 83.9 Å². The molecule has 5 rings (SSSR count). The molecule has 0 bridgehead atoms. The number of anilines is 1. The first kappa shape index (κ1) is 17.6. The highest BCUT2D eigenvalue weighted by Crippen LogP contribution is 2.27. The van der Waals surface area contributed by atoms with Gasteiger partial charge in [0.1, 0.15) is 5.52 Å². The normalized spacial score (nSPS) is 12.3. The number of para-hydroxylation sites is 2. The summed E-state index contributed by atoms with van der Waals surface area (Å²) in [5.41, 5.74) is 4.31. The van der Waals surface area contributed by atoms with E-state index < -0.39 is 0 Å². The molecule has 29 heavy (non-hydrogen) atoms. The molecule has 0 spiro atoms. The molecular formula is C22H17ClN6. The number of hydrogen-bond acceptors (Lipinski definition) is 5. The van der Waals surface area contributed by atoms with Crippen LogP contribution in [0.15, 0.2) is 73.1 Å². The summed E-state index contributed by atoms with van der Waals surface area (Å²) in [6, 6.07) is 20.0. The molecule has 142 valence electrons. The molecule has 3 aromatic heterocycles. The summed E-state index contributed by atoms with van der Waals surface area (Å²) in [5, 5.41) is 9.37. The van der Waals surface area contributed by atoms with Gasteiger partial charge in [0.2, 0.25) is 5.28 Å². The van der Waals surface area contributed by atoms with E-state index in [0.29, 0.717) is 16.9 Å². The van der Waals surface area contributed by atoms with E-state index in [-0.39, 0.29) is 11.3 Å². The first-order valence-corrected chi connectivity index (χ1v) is 9.65. The maximum absolute atomic E-state index is 6.18. The largest absolute Gasteiger partial charge is 0.361 e. The van der Waals surface area contributed by atoms with Crippen molar-refractivity contribution in [2.75, 3.05) is 5.32 Å². The monoisotopic (exact) mass is 400 g/mol. The lowest BCUT2D eigenvalue weighted by molar-refractivity contribution is 0.864. The topological polar surface area (TPSA) is 68.5 Å². The summed E-state index contributed by atoms with van der Waals surface area (Å²) < 4.78 is 1.78. The Hall–Kier alpha value is -3.51. The number of benzene rings is 2. The van der Waals surface area contributed by atoms with E-state index in [0.717, 1.165) is 22.2 Å². The van der Waals surface area contributed by atoms with Crippen LogP contribution in [0.5, 0.6) is 0 Å². The number of nitrogens with one attached hydrogen (secondary N) is 1. The third-order valence-corrected chi connectivity index (χ3v) is 4.99. The molecule has 0 fully saturated rings. The Balaban J connectivity index is 1.52. The van der Waals surface area contributed by atoms with Gasteiger partial charge in [-0.2, -0.15) is 10.1 Å². The molecule has 0 saturated carbocycles. The first-order chi connectivity index (χ1) is 14.2. The molecule has 0 unspecified atom stereocenters. The Bertz CT molecular complexity index is 1320. The molecule has 6 nitrogen and oxygen atoms in total. The predicted octanol–water partition coefficient (Wildman–Crippen LogP) is 5.19. The standard InChI is InChI=1S/C22H17ClN6/c1-14(16-11-15-7-5-6-10-18(15)24-12-16)25-21-20-19(26-22(23)27-21)13-29(28-20)17-8-3-2-4-9-17/h2-14H,1H3,(H,25,26,27)/t14-/m1/s1. The van der Waals surface area contributed by atoms with E-state index in [9.17, 15) is 0 Å². The lowest BCUT2D eigenvalue weighted by atomic mass is 10.1. The summed E-state index contributed by atoms with van der Waals surface area (Å²) in [7, 11) is 0. The van der Waals surface area contributed by atoms with Gasteiger partial charge in [-0.3, -0.25) is 4.98 Å². The van der Waals surface area contributed by atoms with Crippen molar-refractivity contribution < 1.29 is 0 Å². The van der Waals surface area contributed by atoms with Crippen LogP contribution in [0.2, 0.25) is 5.28 Å². The molecular weight excluding hydrogens is 384 g/mol. The zero-order valence-corrected chi connectivity index (χ0v) is 16.4. The number of hydrogen-bond donors (Lipinski definition) is 1. The van der Waals surface area contributed by atoms with Crippen LogP contribution in [0.3, 0.4) is 0 Å². The van der Waals surface area contributed by atoms with Crippen LogP contribution in [-0.4, -0.2) is 24.7 Å². The van der Waals surface area contributed by atoms with Gasteiger partial charge in [0.05, 0.1) is 23.4 Å². The van der Waals surface area contributed by atoms with Gasteiger partial charge in [-0.05, 0) is 48.4 Å². The molecule has 0 radical (unpaired) electrons. The van der Waals surface area contributed by atoms with Gasteiger partial charge in [-0.1, -0.05) is 36.4 Å². The molecule has 1 N–H and O–H groups in total. The van der Waals surface area contributed by atoms with Gasteiger partial charge in [0.25, 0.3) is 0 Å². The quantitative estimate of drug-likeness (QED) is 0.420. The number of aromatic nitrogens is 5. The van der Waals surface area contributed by atoms with Crippen molar-refractivity contribution in [1.82, 2.24) is 24.7 Å². The highest BCUT2D eigenvalue weighted by molar-refractivity contribution is 6.28. The second-order valence-electron chi connectivity index (χ2n) is 6.81. The maximum atomic E-state index is 6.18. The Morgan fingerprint density at radius 3 is 2.62 bits per heavy atom. The lowest BCUT2D eigenvalue weighted by Gasteiger charge is -2.15. The van der Waals surface area contributed by atoms with Gasteiger partial charge in [0.15, 0.2) is 11.3 Å². The zero-order chi connectivity index (χ0) is 19.8. The molecule has 1 atom stereocenters. The maximum Gasteiger partial charge on any atom is 0.225 e. The van der Waals surface area contributed by atoms with Gasteiger partial charge in [-0.25, -0.2) is 9.67 Å². The van der Waals surface area contributed by atoms with Gasteiger partial charge < -0.3 is 5.32 Å². The number of halogens is 1. The zero-order valence-electron chi connectivity index (χ0n) is 15.6. The minimum absolute atomic E-state index is 0.0388. The fourth-order valence-corrected chi connectivity index (χ4v) is 3.49. The minimum atomic E-state index is -0.0388. The van der Waals surface area contributed by atoms with Crippen LogP contribution in [0, 0.1) is 0 Å². The first-order valence-electron chi connectivity index (χ1n) is 9.27. The van der Waals surface area contributed by atoms with Crippen LogP contribution < -0.4 is 5.32 Å². The molecule has 0 saturated heterocycles. The summed E-state index contributed by atoms with van der Waals surface area (Å²) in [6.45, 7) is 2.06. The third-order valence-electron chi connectivity index (χ3n) is 4.82. The van der Waals surface area contributed by atoms with Crippen molar-refractivity contribution in [1.29, 1.82) is 0 Å². The van der Waals surface area contributed by atoms with Crippen molar-refractivity contribution >= 4 is 39.4 Å². The Labute approximate surface area is 172 Å². The molecule has 0 aliphatic carbocycles. The second kappa shape index (κ2) is 7.14. The molecule has 7 heteroatoms. The number of rotatable bonds is 4. The minimum Gasteiger partial charge on any atom is -0.361 e. The van der Waals surface area contributed by atoms with E-state index in [1.165, 1.54) is 0 Å². The molecule has 0 aliphatic rings. The van der Waals surface area contributed by atoms with E-state index in [1.54, 1.807) is 4.68 Å². The van der Waals surface area contributed by atoms with Crippen molar-refractivity contribution in [2.45, 2.75) is 13.0 Å². The summed E-state index contributed by atoms with van der Waals surface area (Å²) in [5.74, 6) is 0.593. The van der Waals surface area contributed by atoms with Crippen LogP contribution in [0.25, 0.3) is 27.6 Å². The molecule has 0 amide bonds. The van der Waals surface area contributed by atoms with Crippen LogP contribution in [0.4, 0.5) is 5.82 Å². The Kier molecular flexibility index (Phi) is 4.33. The Morgan fingerprint density at radius 2 is 1.76 bits per heavy atom. The highest BCUT2D eigenvalue weighted by Gasteiger charge is 2.15. The molecule has 5 aromatic rings. The molecule has 3 heterocycles. The molecule has 0 aliphatic heterocycles. The van der Waals surface area contributed by atoms with Crippen LogP contribution in [0.1, 0.15) is 18.5 Å². The predicted molar refractivity (Wildman–Crippen MR) is 115 cm³/mol. The van der Waals surface area contributed by atoms with E-state index in [4.69, 9.17) is 11.6 Å². The third kappa shape index (κ3) is 3.39. The smallest absolute Gasteiger partial charge is 0.225 e. The second-order valence-corrected chi connectivity index (χ2v) is 7.15. The average molecular weight is 401 g/mol. The van der Waals surface area contributed by atoms with Crippen LogP contribution >= 0.6 is 11.6 Å². The molecule has 2 aromatic carbocycles. The van der Waals surface area contributed by atoms with Crippen LogP contribution in [-0.2, 0) is 0 Å². The summed E-state index contributed by atoms with van der Waals surface area (Å²) in [6.07, 6.45) is 3.73. The van der Waals surface area contributed by atoms with Crippen molar-refractivity contribution in [2.24, 2.45) is 0 Å². The summed E-state index contributed by atoms with van der Waals surface area (Å²) in [4.78, 5) is 13.3. The van der Waals surface area contributed by atoms with Gasteiger partial charge >= 0.3 is 0 Å².